The molecule has 0 aromatic heterocycles. The highest BCUT2D eigenvalue weighted by atomic mass is 16.5. The number of piperidine rings is 1. The predicted molar refractivity (Wildman–Crippen MR) is 74.5 cm³/mol. The van der Waals surface area contributed by atoms with E-state index in [1.54, 1.807) is 18.2 Å². The highest BCUT2D eigenvalue weighted by molar-refractivity contribution is 5.48. The summed E-state index contributed by atoms with van der Waals surface area (Å²) in [5.74, 6) is 1.83. The van der Waals surface area contributed by atoms with Crippen molar-refractivity contribution >= 4 is 0 Å². The fourth-order valence-corrected chi connectivity index (χ4v) is 3.55. The lowest BCUT2D eigenvalue weighted by Gasteiger charge is -2.29. The second-order valence-corrected chi connectivity index (χ2v) is 5.56. The van der Waals surface area contributed by atoms with E-state index in [0.717, 1.165) is 18.2 Å². The molecule has 1 N–H and O–H groups in total. The molecule has 2 nitrogen and oxygen atoms in total. The van der Waals surface area contributed by atoms with Gasteiger partial charge in [0, 0.05) is 6.54 Å². The molecule has 0 amide bonds. The number of ether oxygens (including phenoxy) is 1. The van der Waals surface area contributed by atoms with Gasteiger partial charge in [-0.1, -0.05) is 6.07 Å². The number of hydrogen-bond acceptors (Lipinski definition) is 2. The summed E-state index contributed by atoms with van der Waals surface area (Å²) in [6.45, 7) is 2.34. The predicted octanol–water partition coefficient (Wildman–Crippen LogP) is 3.04. The van der Waals surface area contributed by atoms with Crippen molar-refractivity contribution in [1.29, 1.82) is 0 Å². The van der Waals surface area contributed by atoms with Crippen LogP contribution in [0, 0.1) is 0 Å². The Bertz CT molecular complexity index is 421. The molecule has 3 rings (SSSR count). The first-order valence-electron chi connectivity index (χ1n) is 7.29. The Kier molecular flexibility index (Phi) is 3.55. The van der Waals surface area contributed by atoms with E-state index in [1.165, 1.54) is 50.6 Å². The Morgan fingerprint density at radius 3 is 2.67 bits per heavy atom. The van der Waals surface area contributed by atoms with Crippen LogP contribution in [0.25, 0.3) is 0 Å². The quantitative estimate of drug-likeness (QED) is 0.864. The van der Waals surface area contributed by atoms with Crippen LogP contribution >= 0.6 is 0 Å². The van der Waals surface area contributed by atoms with E-state index < -0.39 is 0 Å². The average molecular weight is 245 g/mol. The largest absolute Gasteiger partial charge is 0.496 e. The summed E-state index contributed by atoms with van der Waals surface area (Å²) in [5, 5.41) is 3.54. The maximum Gasteiger partial charge on any atom is 0.122 e. The molecule has 0 bridgehead atoms. The number of nitrogens with one attached hydrogen (secondary N) is 1. The van der Waals surface area contributed by atoms with Gasteiger partial charge in [-0.25, -0.2) is 0 Å². The Labute approximate surface area is 110 Å². The molecule has 1 fully saturated rings. The van der Waals surface area contributed by atoms with Gasteiger partial charge in [0.05, 0.1) is 7.11 Å². The molecule has 1 heterocycles. The molecular weight excluding hydrogens is 222 g/mol. The molecule has 0 radical (unpaired) electrons. The molecule has 1 unspecified atom stereocenters. The zero-order valence-electron chi connectivity index (χ0n) is 11.3. The molecule has 0 spiro atoms. The molecule has 2 heteroatoms. The van der Waals surface area contributed by atoms with Crippen molar-refractivity contribution in [1.82, 2.24) is 5.32 Å². The minimum atomic E-state index is 0.719. The molecule has 1 aromatic carbocycles. The Morgan fingerprint density at radius 2 is 1.94 bits per heavy atom. The van der Waals surface area contributed by atoms with Gasteiger partial charge in [-0.3, -0.25) is 0 Å². The van der Waals surface area contributed by atoms with Crippen molar-refractivity contribution in [3.63, 3.8) is 0 Å². The number of methoxy groups -OCH3 is 1. The van der Waals surface area contributed by atoms with Crippen LogP contribution in [0.3, 0.4) is 0 Å². The van der Waals surface area contributed by atoms with Gasteiger partial charge in [0.2, 0.25) is 0 Å². The fourth-order valence-electron chi connectivity index (χ4n) is 3.55. The highest BCUT2D eigenvalue weighted by Gasteiger charge is 2.23. The molecule has 1 aliphatic carbocycles. The van der Waals surface area contributed by atoms with E-state index in [9.17, 15) is 0 Å². The van der Waals surface area contributed by atoms with Crippen molar-refractivity contribution in [2.24, 2.45) is 0 Å². The molecule has 1 aliphatic heterocycles. The molecule has 18 heavy (non-hydrogen) atoms. The Hall–Kier alpha value is -1.02. The average Bonchev–Trinajstić information content (AvgIpc) is 2.47. The molecule has 1 saturated heterocycles. The van der Waals surface area contributed by atoms with Crippen LogP contribution in [-0.2, 0) is 12.8 Å². The molecule has 1 aromatic rings. The summed E-state index contributed by atoms with van der Waals surface area (Å²) < 4.78 is 5.54. The number of hydrogen-bond donors (Lipinski definition) is 1. The third-order valence-electron chi connectivity index (χ3n) is 4.48. The maximum atomic E-state index is 5.54. The van der Waals surface area contributed by atoms with Crippen molar-refractivity contribution in [2.75, 3.05) is 20.2 Å². The standard InChI is InChI=1S/C16H23NO/c1-18-16-9-8-13(12-5-4-10-17-11-12)14-6-2-3-7-15(14)16/h8-9,12,17H,2-7,10-11H2,1H3. The topological polar surface area (TPSA) is 21.3 Å². The van der Waals surface area contributed by atoms with Gasteiger partial charge < -0.3 is 10.1 Å². The number of rotatable bonds is 2. The highest BCUT2D eigenvalue weighted by Crippen LogP contribution is 2.36. The van der Waals surface area contributed by atoms with E-state index in [0.29, 0.717) is 0 Å². The van der Waals surface area contributed by atoms with Crippen LogP contribution in [0.15, 0.2) is 12.1 Å². The van der Waals surface area contributed by atoms with Gasteiger partial charge in [-0.2, -0.15) is 0 Å². The summed E-state index contributed by atoms with van der Waals surface area (Å²) >= 11 is 0. The van der Waals surface area contributed by atoms with Crippen LogP contribution in [0.1, 0.15) is 48.3 Å². The van der Waals surface area contributed by atoms with Crippen LogP contribution < -0.4 is 10.1 Å². The molecule has 0 saturated carbocycles. The van der Waals surface area contributed by atoms with Gasteiger partial charge in [-0.05, 0) is 73.7 Å². The van der Waals surface area contributed by atoms with E-state index in [4.69, 9.17) is 4.74 Å². The van der Waals surface area contributed by atoms with Crippen LogP contribution in [0.4, 0.5) is 0 Å². The number of benzene rings is 1. The third-order valence-corrected chi connectivity index (χ3v) is 4.48. The SMILES string of the molecule is COc1ccc(C2CCCNC2)c2c1CCCC2. The van der Waals surface area contributed by atoms with E-state index in [-0.39, 0.29) is 0 Å². The fraction of sp³-hybridized carbons (Fsp3) is 0.625. The lowest BCUT2D eigenvalue weighted by molar-refractivity contribution is 0.404. The van der Waals surface area contributed by atoms with E-state index >= 15 is 0 Å². The first kappa shape index (κ1) is 12.0. The van der Waals surface area contributed by atoms with Gasteiger partial charge in [0.25, 0.3) is 0 Å². The van der Waals surface area contributed by atoms with Crippen molar-refractivity contribution in [2.45, 2.75) is 44.4 Å². The van der Waals surface area contributed by atoms with Gasteiger partial charge in [0.1, 0.15) is 5.75 Å². The second kappa shape index (κ2) is 5.31. The molecule has 1 atom stereocenters. The molecular formula is C16H23NO. The van der Waals surface area contributed by atoms with Gasteiger partial charge in [-0.15, -0.1) is 0 Å². The maximum absolute atomic E-state index is 5.54. The number of fused-ring (bicyclic) bond motifs is 1. The Morgan fingerprint density at radius 1 is 1.11 bits per heavy atom. The zero-order chi connectivity index (χ0) is 12.4. The van der Waals surface area contributed by atoms with Crippen LogP contribution in [0.5, 0.6) is 5.75 Å². The minimum absolute atomic E-state index is 0.719. The smallest absolute Gasteiger partial charge is 0.122 e. The first-order valence-corrected chi connectivity index (χ1v) is 7.29. The van der Waals surface area contributed by atoms with Crippen LogP contribution in [-0.4, -0.2) is 20.2 Å². The van der Waals surface area contributed by atoms with Gasteiger partial charge in [0.15, 0.2) is 0 Å². The van der Waals surface area contributed by atoms with E-state index in [2.05, 4.69) is 17.4 Å². The van der Waals surface area contributed by atoms with E-state index in [1.807, 2.05) is 0 Å². The zero-order valence-corrected chi connectivity index (χ0v) is 11.3. The van der Waals surface area contributed by atoms with Gasteiger partial charge >= 0.3 is 0 Å². The molecule has 98 valence electrons. The summed E-state index contributed by atoms with van der Waals surface area (Å²) in [6, 6.07) is 4.51. The lowest BCUT2D eigenvalue weighted by atomic mass is 9.81. The van der Waals surface area contributed by atoms with Crippen molar-refractivity contribution in [3.8, 4) is 5.75 Å². The summed E-state index contributed by atoms with van der Waals surface area (Å²) in [6.07, 6.45) is 7.76. The summed E-state index contributed by atoms with van der Waals surface area (Å²) in [4.78, 5) is 0. The van der Waals surface area contributed by atoms with Crippen molar-refractivity contribution in [3.05, 3.63) is 28.8 Å². The molecule has 2 aliphatic rings. The van der Waals surface area contributed by atoms with Crippen LogP contribution in [0.2, 0.25) is 0 Å². The third kappa shape index (κ3) is 2.14. The second-order valence-electron chi connectivity index (χ2n) is 5.56. The monoisotopic (exact) mass is 245 g/mol. The summed E-state index contributed by atoms with van der Waals surface area (Å²) in [7, 11) is 1.80. The first-order chi connectivity index (χ1) is 8.90. The lowest BCUT2D eigenvalue weighted by Crippen LogP contribution is -2.29. The van der Waals surface area contributed by atoms with Crippen molar-refractivity contribution < 1.29 is 4.74 Å². The summed E-state index contributed by atoms with van der Waals surface area (Å²) in [5.41, 5.74) is 4.69. The normalized spacial score (nSPS) is 23.5. The minimum Gasteiger partial charge on any atom is -0.496 e. The Balaban J connectivity index is 1.98.